The molecule has 8 heteroatoms. The van der Waals surface area contributed by atoms with Gasteiger partial charge in [-0.3, -0.25) is 9.52 Å². The second-order valence-electron chi connectivity index (χ2n) is 6.68. The first-order valence-corrected chi connectivity index (χ1v) is 10.8. The lowest BCUT2D eigenvalue weighted by atomic mass is 10.2. The van der Waals surface area contributed by atoms with E-state index in [4.69, 9.17) is 4.74 Å². The molecule has 0 radical (unpaired) electrons. The van der Waals surface area contributed by atoms with Crippen LogP contribution in [0.15, 0.2) is 77.7 Å². The van der Waals surface area contributed by atoms with Crippen LogP contribution in [0.5, 0.6) is 5.75 Å². The first-order valence-electron chi connectivity index (χ1n) is 9.29. The zero-order valence-corrected chi connectivity index (χ0v) is 17.7. The number of hydrogen-bond acceptors (Lipinski definition) is 4. The maximum Gasteiger partial charge on any atom is 0.261 e. The van der Waals surface area contributed by atoms with Gasteiger partial charge in [0, 0.05) is 17.5 Å². The minimum absolute atomic E-state index is 0.0897. The maximum atomic E-state index is 13.1. The molecule has 160 valence electrons. The normalized spacial score (nSPS) is 11.3. The number of ether oxygens (including phenoxy) is 1. The summed E-state index contributed by atoms with van der Waals surface area (Å²) in [5, 5.41) is 2.67. The lowest BCUT2D eigenvalue weighted by Gasteiger charge is -2.09. The smallest absolute Gasteiger partial charge is 0.261 e. The van der Waals surface area contributed by atoms with E-state index in [-0.39, 0.29) is 16.6 Å². The first kappa shape index (κ1) is 22.0. The fraction of sp³-hybridized carbons (Fsp3) is 0.0870. The summed E-state index contributed by atoms with van der Waals surface area (Å²) in [5.74, 6) is -0.132. The Hall–Kier alpha value is -3.65. The Labute approximate surface area is 180 Å². The predicted octanol–water partition coefficient (Wildman–Crippen LogP) is 4.60. The van der Waals surface area contributed by atoms with Crippen LogP contribution in [0.4, 0.5) is 15.8 Å². The number of anilines is 2. The van der Waals surface area contributed by atoms with E-state index in [0.717, 1.165) is 0 Å². The molecule has 3 aromatic rings. The number of sulfonamides is 1. The van der Waals surface area contributed by atoms with E-state index in [0.29, 0.717) is 28.3 Å². The van der Waals surface area contributed by atoms with Crippen LogP contribution in [-0.4, -0.2) is 21.4 Å². The summed E-state index contributed by atoms with van der Waals surface area (Å²) in [6.45, 7) is 1.70. The van der Waals surface area contributed by atoms with Crippen molar-refractivity contribution in [2.75, 3.05) is 17.1 Å². The molecule has 0 aliphatic rings. The third-order valence-corrected chi connectivity index (χ3v) is 5.80. The molecule has 0 aromatic heterocycles. The topological polar surface area (TPSA) is 84.5 Å². The van der Waals surface area contributed by atoms with Crippen molar-refractivity contribution in [3.63, 3.8) is 0 Å². The number of methoxy groups -OCH3 is 1. The van der Waals surface area contributed by atoms with Crippen molar-refractivity contribution < 1.29 is 22.3 Å². The predicted molar refractivity (Wildman–Crippen MR) is 119 cm³/mol. The summed E-state index contributed by atoms with van der Waals surface area (Å²) in [4.78, 5) is 12.2. The Morgan fingerprint density at radius 2 is 1.68 bits per heavy atom. The van der Waals surface area contributed by atoms with Crippen molar-refractivity contribution in [1.29, 1.82) is 0 Å². The monoisotopic (exact) mass is 440 g/mol. The van der Waals surface area contributed by atoms with E-state index in [9.17, 15) is 17.6 Å². The minimum Gasteiger partial charge on any atom is -0.497 e. The van der Waals surface area contributed by atoms with Crippen LogP contribution in [0.2, 0.25) is 0 Å². The summed E-state index contributed by atoms with van der Waals surface area (Å²) in [5.41, 5.74) is 2.19. The third-order valence-electron chi connectivity index (χ3n) is 4.41. The largest absolute Gasteiger partial charge is 0.497 e. The third kappa shape index (κ3) is 5.93. The molecule has 0 bridgehead atoms. The zero-order valence-electron chi connectivity index (χ0n) is 16.9. The number of aryl methyl sites for hydroxylation is 1. The van der Waals surface area contributed by atoms with Crippen molar-refractivity contribution >= 4 is 33.4 Å². The SMILES string of the molecule is COc1ccc(NS(=O)(=O)c2ccc(/C=C/C(=O)Nc3ccc(F)cc3C)cc2)cc1. The molecule has 0 unspecified atom stereocenters. The number of amides is 1. The van der Waals surface area contributed by atoms with Gasteiger partial charge in [0.25, 0.3) is 10.0 Å². The number of hydrogen-bond donors (Lipinski definition) is 2. The highest BCUT2D eigenvalue weighted by Gasteiger charge is 2.14. The highest BCUT2D eigenvalue weighted by atomic mass is 32.2. The number of benzene rings is 3. The molecule has 2 N–H and O–H groups in total. The number of halogens is 1. The van der Waals surface area contributed by atoms with Crippen LogP contribution in [-0.2, 0) is 14.8 Å². The van der Waals surface area contributed by atoms with Gasteiger partial charge < -0.3 is 10.1 Å². The van der Waals surface area contributed by atoms with Gasteiger partial charge in [-0.05, 0) is 78.7 Å². The fourth-order valence-corrected chi connectivity index (χ4v) is 3.80. The Morgan fingerprint density at radius 1 is 1.00 bits per heavy atom. The molecule has 1 amide bonds. The molecule has 0 heterocycles. The molecule has 0 aliphatic carbocycles. The second kappa shape index (κ2) is 9.44. The molecule has 0 spiro atoms. The highest BCUT2D eigenvalue weighted by Crippen LogP contribution is 2.20. The van der Waals surface area contributed by atoms with Gasteiger partial charge in [-0.1, -0.05) is 12.1 Å². The molecular weight excluding hydrogens is 419 g/mol. The molecule has 0 saturated heterocycles. The average Bonchev–Trinajstić information content (AvgIpc) is 2.75. The van der Waals surface area contributed by atoms with Crippen LogP contribution in [0.25, 0.3) is 6.08 Å². The molecule has 0 atom stereocenters. The van der Waals surface area contributed by atoms with Gasteiger partial charge in [-0.25, -0.2) is 12.8 Å². The lowest BCUT2D eigenvalue weighted by Crippen LogP contribution is -2.12. The van der Waals surface area contributed by atoms with Crippen molar-refractivity contribution in [3.05, 3.63) is 89.8 Å². The van der Waals surface area contributed by atoms with Crippen LogP contribution < -0.4 is 14.8 Å². The van der Waals surface area contributed by atoms with Gasteiger partial charge >= 0.3 is 0 Å². The van der Waals surface area contributed by atoms with Gasteiger partial charge in [0.1, 0.15) is 11.6 Å². The molecule has 0 aliphatic heterocycles. The van der Waals surface area contributed by atoms with Crippen molar-refractivity contribution in [2.24, 2.45) is 0 Å². The van der Waals surface area contributed by atoms with Crippen molar-refractivity contribution in [2.45, 2.75) is 11.8 Å². The Balaban J connectivity index is 1.65. The highest BCUT2D eigenvalue weighted by molar-refractivity contribution is 7.92. The summed E-state index contributed by atoms with van der Waals surface area (Å²) in [7, 11) is -2.22. The Morgan fingerprint density at radius 3 is 2.29 bits per heavy atom. The molecule has 0 saturated carbocycles. The van der Waals surface area contributed by atoms with E-state index in [1.807, 2.05) is 0 Å². The molecule has 3 aromatic carbocycles. The molecule has 6 nitrogen and oxygen atoms in total. The van der Waals surface area contributed by atoms with Crippen molar-refractivity contribution in [1.82, 2.24) is 0 Å². The van der Waals surface area contributed by atoms with Gasteiger partial charge in [0.05, 0.1) is 12.0 Å². The van der Waals surface area contributed by atoms with E-state index in [2.05, 4.69) is 10.0 Å². The molecule has 31 heavy (non-hydrogen) atoms. The van der Waals surface area contributed by atoms with Crippen LogP contribution in [0, 0.1) is 12.7 Å². The van der Waals surface area contributed by atoms with E-state index < -0.39 is 10.0 Å². The lowest BCUT2D eigenvalue weighted by molar-refractivity contribution is -0.111. The zero-order chi connectivity index (χ0) is 22.4. The molecule has 0 fully saturated rings. The van der Waals surface area contributed by atoms with Crippen LogP contribution >= 0.6 is 0 Å². The number of carbonyl (C=O) groups is 1. The quantitative estimate of drug-likeness (QED) is 0.526. The molecular formula is C23H21FN2O4S. The average molecular weight is 440 g/mol. The summed E-state index contributed by atoms with van der Waals surface area (Å²) < 4.78 is 45.8. The van der Waals surface area contributed by atoms with E-state index >= 15 is 0 Å². The minimum atomic E-state index is -3.75. The van der Waals surface area contributed by atoms with Gasteiger partial charge in [-0.2, -0.15) is 0 Å². The number of carbonyl (C=O) groups excluding carboxylic acids is 1. The Kier molecular flexibility index (Phi) is 6.71. The maximum absolute atomic E-state index is 13.1. The van der Waals surface area contributed by atoms with Gasteiger partial charge in [0.15, 0.2) is 0 Å². The second-order valence-corrected chi connectivity index (χ2v) is 8.37. The summed E-state index contributed by atoms with van der Waals surface area (Å²) >= 11 is 0. The molecule has 3 rings (SSSR count). The summed E-state index contributed by atoms with van der Waals surface area (Å²) in [6.07, 6.45) is 2.88. The summed E-state index contributed by atoms with van der Waals surface area (Å²) in [6, 6.07) is 16.7. The van der Waals surface area contributed by atoms with Crippen LogP contribution in [0.1, 0.15) is 11.1 Å². The number of rotatable bonds is 7. The van der Waals surface area contributed by atoms with E-state index in [1.54, 1.807) is 49.4 Å². The first-order chi connectivity index (χ1) is 14.8. The van der Waals surface area contributed by atoms with Crippen LogP contribution in [0.3, 0.4) is 0 Å². The van der Waals surface area contributed by atoms with E-state index in [1.165, 1.54) is 43.5 Å². The van der Waals surface area contributed by atoms with Gasteiger partial charge in [0.2, 0.25) is 5.91 Å². The fourth-order valence-electron chi connectivity index (χ4n) is 2.74. The standard InChI is InChI=1S/C23H21FN2O4S/c1-16-15-18(24)6-13-22(16)25-23(27)14-5-17-3-11-21(12-4-17)31(28,29)26-19-7-9-20(30-2)10-8-19/h3-15,26H,1-2H3,(H,25,27)/b14-5+. The number of nitrogens with one attached hydrogen (secondary N) is 2. The van der Waals surface area contributed by atoms with Crippen molar-refractivity contribution in [3.8, 4) is 5.75 Å². The Bertz CT molecular complexity index is 1210. The van der Waals surface area contributed by atoms with Gasteiger partial charge in [-0.15, -0.1) is 0 Å².